The summed E-state index contributed by atoms with van der Waals surface area (Å²) in [6.07, 6.45) is 0. The third kappa shape index (κ3) is 6.45. The van der Waals surface area contributed by atoms with Crippen LogP contribution in [0.5, 0.6) is 0 Å². The molecule has 0 bridgehead atoms. The van der Waals surface area contributed by atoms with Gasteiger partial charge in [-0.25, -0.2) is 15.0 Å². The highest BCUT2D eigenvalue weighted by Gasteiger charge is 2.21. The quantitative estimate of drug-likeness (QED) is 0.159. The average Bonchev–Trinajstić information content (AvgIpc) is 4.10. The molecule has 0 amide bonds. The Hall–Kier alpha value is -9.39. The highest BCUT2D eigenvalue weighted by atomic mass is 16.3. The topological polar surface area (TPSA) is 69.9 Å². The number of benzene rings is 10. The van der Waals surface area contributed by atoms with Gasteiger partial charge in [0.1, 0.15) is 22.3 Å². The van der Waals surface area contributed by atoms with Crippen molar-refractivity contribution in [2.45, 2.75) is 0 Å². The maximum atomic E-state index is 6.74. The van der Waals surface area contributed by atoms with Crippen LogP contribution >= 0.6 is 0 Å². The van der Waals surface area contributed by atoms with Crippen LogP contribution in [0, 0.1) is 0 Å². The number of furan rings is 2. The Morgan fingerprint density at radius 1 is 0.275 bits per heavy atom. The molecule has 4 heterocycles. The van der Waals surface area contributed by atoms with E-state index in [1.807, 2.05) is 66.7 Å². The number of hydrogen-bond acceptors (Lipinski definition) is 5. The van der Waals surface area contributed by atoms with E-state index in [0.29, 0.717) is 17.5 Å². The zero-order valence-electron chi connectivity index (χ0n) is 37.0. The molecule has 0 fully saturated rings. The van der Waals surface area contributed by atoms with Crippen LogP contribution in [0.2, 0.25) is 0 Å². The summed E-state index contributed by atoms with van der Waals surface area (Å²) in [4.78, 5) is 15.0. The van der Waals surface area contributed by atoms with Gasteiger partial charge in [0.25, 0.3) is 0 Å². The van der Waals surface area contributed by atoms with Crippen molar-refractivity contribution in [2.75, 3.05) is 0 Å². The summed E-state index contributed by atoms with van der Waals surface area (Å²) in [6.45, 7) is 0. The van der Waals surface area contributed by atoms with E-state index in [2.05, 4.69) is 168 Å². The summed E-state index contributed by atoms with van der Waals surface area (Å²) in [5.74, 6) is 1.85. The minimum atomic E-state index is 0.604. The summed E-state index contributed by atoms with van der Waals surface area (Å²) >= 11 is 0. The molecule has 0 aliphatic rings. The highest BCUT2D eigenvalue weighted by Crippen LogP contribution is 2.44. The number of nitrogens with zero attached hydrogens (tertiary/aromatic N) is 4. The molecule has 0 saturated carbocycles. The maximum absolute atomic E-state index is 6.74. The molecular formula is C63H38N4O2. The van der Waals surface area contributed by atoms with Gasteiger partial charge in [0, 0.05) is 55.1 Å². The van der Waals surface area contributed by atoms with Crippen molar-refractivity contribution in [1.29, 1.82) is 0 Å². The molecule has 0 aliphatic heterocycles. The van der Waals surface area contributed by atoms with Crippen LogP contribution in [0.4, 0.5) is 0 Å². The van der Waals surface area contributed by atoms with Gasteiger partial charge in [0.05, 0.1) is 16.7 Å². The lowest BCUT2D eigenvalue weighted by atomic mass is 9.94. The predicted molar refractivity (Wildman–Crippen MR) is 281 cm³/mol. The monoisotopic (exact) mass is 882 g/mol. The van der Waals surface area contributed by atoms with Crippen molar-refractivity contribution in [2.24, 2.45) is 0 Å². The summed E-state index contributed by atoms with van der Waals surface area (Å²) in [5.41, 5.74) is 15.9. The van der Waals surface area contributed by atoms with Gasteiger partial charge in [0.2, 0.25) is 0 Å². The second-order valence-corrected chi connectivity index (χ2v) is 17.5. The maximum Gasteiger partial charge on any atom is 0.164 e. The number of rotatable bonds is 7. The molecule has 4 aromatic heterocycles. The first-order valence-electron chi connectivity index (χ1n) is 23.2. The molecule has 0 N–H and O–H groups in total. The largest absolute Gasteiger partial charge is 0.456 e. The van der Waals surface area contributed by atoms with E-state index < -0.39 is 0 Å². The molecular weight excluding hydrogens is 845 g/mol. The van der Waals surface area contributed by atoms with Crippen LogP contribution in [0.1, 0.15) is 0 Å². The molecule has 10 aromatic carbocycles. The molecule has 0 aliphatic carbocycles. The Balaban J connectivity index is 0.946. The summed E-state index contributed by atoms with van der Waals surface area (Å²) in [5, 5.41) is 6.61. The Morgan fingerprint density at radius 2 is 0.797 bits per heavy atom. The van der Waals surface area contributed by atoms with Crippen LogP contribution in [0.3, 0.4) is 0 Å². The van der Waals surface area contributed by atoms with E-state index in [0.717, 1.165) is 99.5 Å². The molecule has 322 valence electrons. The van der Waals surface area contributed by atoms with Crippen molar-refractivity contribution in [3.05, 3.63) is 231 Å². The average molecular weight is 883 g/mol. The smallest absolute Gasteiger partial charge is 0.164 e. The predicted octanol–water partition coefficient (Wildman–Crippen LogP) is 16.8. The van der Waals surface area contributed by atoms with Crippen LogP contribution in [-0.4, -0.2) is 19.5 Å². The minimum Gasteiger partial charge on any atom is -0.456 e. The Labute approximate surface area is 396 Å². The summed E-state index contributed by atoms with van der Waals surface area (Å²) in [6, 6.07) is 80.5. The van der Waals surface area contributed by atoms with Gasteiger partial charge in [-0.1, -0.05) is 170 Å². The number of para-hydroxylation sites is 2. The molecule has 0 atom stereocenters. The molecule has 0 radical (unpaired) electrons. The van der Waals surface area contributed by atoms with E-state index >= 15 is 0 Å². The lowest BCUT2D eigenvalue weighted by Gasteiger charge is -2.12. The van der Waals surface area contributed by atoms with Crippen molar-refractivity contribution in [3.63, 3.8) is 0 Å². The standard InChI is InChI=1S/C63H38N4O2/c1-4-16-39(17-5-1)42-30-32-54-51(35-42)48-24-10-12-27-53(48)67(54)46-37-50(60-49-25-11-13-28-55(49)69-58(60)38-46)44-31-33-56-52(36-44)59-47(26-15-29-57(59)68-56)43-22-14-23-45(34-43)63-65-61(40-18-6-2-7-19-40)64-62(66-63)41-20-8-3-9-21-41/h1-38H. The number of aromatic nitrogens is 4. The van der Waals surface area contributed by atoms with E-state index in [4.69, 9.17) is 23.8 Å². The van der Waals surface area contributed by atoms with Crippen molar-refractivity contribution >= 4 is 65.7 Å². The molecule has 14 rings (SSSR count). The number of fused-ring (bicyclic) bond motifs is 9. The molecule has 6 nitrogen and oxygen atoms in total. The van der Waals surface area contributed by atoms with Gasteiger partial charge in [-0.2, -0.15) is 0 Å². The van der Waals surface area contributed by atoms with Gasteiger partial charge < -0.3 is 13.4 Å². The first kappa shape index (κ1) is 38.8. The SMILES string of the molecule is c1ccc(-c2ccc3c(c2)c2ccccc2n3-c2cc(-c3ccc4oc5cccc(-c6cccc(-c7nc(-c8ccccc8)nc(-c8ccccc8)n7)c6)c5c4c3)c3c(c2)oc2ccccc23)cc1. The fourth-order valence-electron chi connectivity index (χ4n) is 10.3. The van der Waals surface area contributed by atoms with Crippen molar-refractivity contribution in [1.82, 2.24) is 19.5 Å². The van der Waals surface area contributed by atoms with Gasteiger partial charge >= 0.3 is 0 Å². The van der Waals surface area contributed by atoms with Crippen LogP contribution in [0.15, 0.2) is 239 Å². The van der Waals surface area contributed by atoms with Gasteiger partial charge in [-0.3, -0.25) is 0 Å². The van der Waals surface area contributed by atoms with Crippen LogP contribution < -0.4 is 0 Å². The van der Waals surface area contributed by atoms with Crippen molar-refractivity contribution < 1.29 is 8.83 Å². The van der Waals surface area contributed by atoms with E-state index in [-0.39, 0.29) is 0 Å². The zero-order valence-corrected chi connectivity index (χ0v) is 37.0. The third-order valence-corrected chi connectivity index (χ3v) is 13.4. The molecule has 0 unspecified atom stereocenters. The van der Waals surface area contributed by atoms with E-state index in [1.54, 1.807) is 0 Å². The second-order valence-electron chi connectivity index (χ2n) is 17.5. The van der Waals surface area contributed by atoms with E-state index in [1.165, 1.54) is 21.9 Å². The minimum absolute atomic E-state index is 0.604. The Kier molecular flexibility index (Phi) is 8.79. The molecule has 0 saturated heterocycles. The second kappa shape index (κ2) is 15.6. The van der Waals surface area contributed by atoms with Gasteiger partial charge in [-0.15, -0.1) is 0 Å². The van der Waals surface area contributed by atoms with Crippen molar-refractivity contribution in [3.8, 4) is 73.2 Å². The third-order valence-electron chi connectivity index (χ3n) is 13.4. The first-order chi connectivity index (χ1) is 34.2. The van der Waals surface area contributed by atoms with Crippen LogP contribution in [-0.2, 0) is 0 Å². The summed E-state index contributed by atoms with van der Waals surface area (Å²) < 4.78 is 15.8. The molecule has 14 aromatic rings. The molecule has 0 spiro atoms. The molecule has 6 heteroatoms. The summed E-state index contributed by atoms with van der Waals surface area (Å²) in [7, 11) is 0. The lowest BCUT2D eigenvalue weighted by molar-refractivity contribution is 0.668. The van der Waals surface area contributed by atoms with Gasteiger partial charge in [-0.05, 0) is 88.0 Å². The fourth-order valence-corrected chi connectivity index (χ4v) is 10.3. The Bertz CT molecular complexity index is 4250. The number of hydrogen-bond donors (Lipinski definition) is 0. The Morgan fingerprint density at radius 3 is 1.57 bits per heavy atom. The normalized spacial score (nSPS) is 11.8. The first-order valence-corrected chi connectivity index (χ1v) is 23.2. The zero-order chi connectivity index (χ0) is 45.4. The van der Waals surface area contributed by atoms with E-state index in [9.17, 15) is 0 Å². The van der Waals surface area contributed by atoms with Gasteiger partial charge in [0.15, 0.2) is 17.5 Å². The lowest BCUT2D eigenvalue weighted by Crippen LogP contribution is -2.00. The fraction of sp³-hybridized carbons (Fsp3) is 0. The molecule has 69 heavy (non-hydrogen) atoms. The van der Waals surface area contributed by atoms with Crippen LogP contribution in [0.25, 0.3) is 139 Å². The highest BCUT2D eigenvalue weighted by molar-refractivity contribution is 6.17.